The number of nitrogens with one attached hydrogen (secondary N) is 2. The van der Waals surface area contributed by atoms with Crippen molar-refractivity contribution in [3.8, 4) is 33.8 Å². The maximum atomic E-state index is 12.5. The second-order valence-electron chi connectivity index (χ2n) is 11.2. The maximum absolute atomic E-state index is 12.5. The summed E-state index contributed by atoms with van der Waals surface area (Å²) in [5.74, 6) is -0.448. The number of aryl methyl sites for hydroxylation is 1. The molecule has 2 amide bonds. The zero-order valence-electron chi connectivity index (χ0n) is 27.8. The highest BCUT2D eigenvalue weighted by molar-refractivity contribution is 6.08. The van der Waals surface area contributed by atoms with E-state index in [4.69, 9.17) is 9.47 Å². The summed E-state index contributed by atoms with van der Waals surface area (Å²) in [5, 5.41) is 15.1. The largest absolute Gasteiger partial charge is 0.497 e. The molecule has 50 heavy (non-hydrogen) atoms. The fourth-order valence-electron chi connectivity index (χ4n) is 5.13. The van der Waals surface area contributed by atoms with Gasteiger partial charge in [0.05, 0.1) is 25.5 Å². The monoisotopic (exact) mass is 664 g/mol. The molecule has 0 saturated heterocycles. The third-order valence-corrected chi connectivity index (χ3v) is 7.86. The number of carboxylic acids is 1. The molecule has 8 nitrogen and oxygen atoms in total. The molecule has 0 aliphatic carbocycles. The third-order valence-electron chi connectivity index (χ3n) is 7.86. The Morgan fingerprint density at radius 1 is 0.500 bits per heavy atom. The van der Waals surface area contributed by atoms with E-state index in [1.165, 1.54) is 13.2 Å². The lowest BCUT2D eigenvalue weighted by Crippen LogP contribution is -2.15. The highest BCUT2D eigenvalue weighted by Gasteiger charge is 2.16. The van der Waals surface area contributed by atoms with Crippen LogP contribution in [0.4, 0.5) is 11.4 Å². The van der Waals surface area contributed by atoms with E-state index in [2.05, 4.69) is 28.8 Å². The van der Waals surface area contributed by atoms with Gasteiger partial charge < -0.3 is 25.2 Å². The standard InChI is InChI=1S/C21H17NO4.C21H19NO2/c1-26-17-9-5-8-16(12-17)20(23)22-19-13-15(10-11-18(19)21(24)25)14-6-3-2-4-7-14;1-15-11-12-17(16-7-4-3-5-8-16)14-20(15)22-21(23)18-9-6-10-19(13-18)24-2/h2-13H,1H3,(H,22,23)(H,24,25);3-14H,1-2H3,(H,22,23). The van der Waals surface area contributed by atoms with Gasteiger partial charge in [0.15, 0.2) is 0 Å². The quantitative estimate of drug-likeness (QED) is 0.142. The van der Waals surface area contributed by atoms with Crippen LogP contribution < -0.4 is 20.1 Å². The van der Waals surface area contributed by atoms with Gasteiger partial charge in [0, 0.05) is 16.8 Å². The average Bonchev–Trinajstić information content (AvgIpc) is 3.16. The Labute approximate surface area is 291 Å². The van der Waals surface area contributed by atoms with Gasteiger partial charge in [-0.1, -0.05) is 91.0 Å². The summed E-state index contributed by atoms with van der Waals surface area (Å²) < 4.78 is 10.3. The van der Waals surface area contributed by atoms with Crippen molar-refractivity contribution in [1.29, 1.82) is 0 Å². The summed E-state index contributed by atoms with van der Waals surface area (Å²) in [6.45, 7) is 1.98. The average molecular weight is 665 g/mol. The Balaban J connectivity index is 0.000000195. The molecule has 0 saturated carbocycles. The summed E-state index contributed by atoms with van der Waals surface area (Å²) in [6, 6.07) is 44.4. The minimum atomic E-state index is -1.11. The Kier molecular flexibility index (Phi) is 11.4. The number of hydrogen-bond acceptors (Lipinski definition) is 5. The molecule has 0 fully saturated rings. The predicted octanol–water partition coefficient (Wildman–Crippen LogP) is 9.24. The van der Waals surface area contributed by atoms with Crippen LogP contribution in [0.5, 0.6) is 11.5 Å². The molecule has 3 N–H and O–H groups in total. The van der Waals surface area contributed by atoms with Crippen molar-refractivity contribution in [2.45, 2.75) is 6.92 Å². The maximum Gasteiger partial charge on any atom is 0.337 e. The van der Waals surface area contributed by atoms with Gasteiger partial charge >= 0.3 is 5.97 Å². The van der Waals surface area contributed by atoms with E-state index in [0.29, 0.717) is 22.6 Å². The molecular formula is C42H36N2O6. The first-order chi connectivity index (χ1) is 24.2. The van der Waals surface area contributed by atoms with E-state index >= 15 is 0 Å². The molecule has 0 bridgehead atoms. The number of aromatic carboxylic acids is 1. The number of anilines is 2. The highest BCUT2D eigenvalue weighted by atomic mass is 16.5. The van der Waals surface area contributed by atoms with Crippen molar-refractivity contribution < 1.29 is 29.0 Å². The molecule has 250 valence electrons. The Morgan fingerprint density at radius 3 is 1.44 bits per heavy atom. The number of methoxy groups -OCH3 is 2. The number of carboxylic acid groups (broad SMARTS) is 1. The molecule has 0 atom stereocenters. The lowest BCUT2D eigenvalue weighted by Gasteiger charge is -2.12. The van der Waals surface area contributed by atoms with Crippen LogP contribution >= 0.6 is 0 Å². The van der Waals surface area contributed by atoms with Gasteiger partial charge in [0.25, 0.3) is 11.8 Å². The summed E-state index contributed by atoms with van der Waals surface area (Å²) in [4.78, 5) is 36.6. The number of benzene rings is 6. The number of carbonyl (C=O) groups excluding carboxylic acids is 2. The van der Waals surface area contributed by atoms with Crippen LogP contribution in [0.1, 0.15) is 36.6 Å². The van der Waals surface area contributed by atoms with E-state index in [1.54, 1.807) is 61.7 Å². The van der Waals surface area contributed by atoms with Crippen molar-refractivity contribution in [1.82, 2.24) is 0 Å². The fraction of sp³-hybridized carbons (Fsp3) is 0.0714. The molecule has 0 unspecified atom stereocenters. The molecular weight excluding hydrogens is 628 g/mol. The van der Waals surface area contributed by atoms with Crippen molar-refractivity contribution in [3.05, 3.63) is 168 Å². The smallest absolute Gasteiger partial charge is 0.337 e. The van der Waals surface area contributed by atoms with Gasteiger partial charge in [-0.15, -0.1) is 0 Å². The SMILES string of the molecule is COc1cccc(C(=O)Nc2cc(-c3ccccc3)ccc2C(=O)O)c1.COc1cccc(C(=O)Nc2cc(-c3ccccc3)ccc2C)c1. The van der Waals surface area contributed by atoms with Crippen LogP contribution in [0.25, 0.3) is 22.3 Å². The van der Waals surface area contributed by atoms with Crippen molar-refractivity contribution in [2.75, 3.05) is 24.9 Å². The predicted molar refractivity (Wildman–Crippen MR) is 197 cm³/mol. The van der Waals surface area contributed by atoms with Crippen LogP contribution in [0, 0.1) is 6.92 Å². The number of hydrogen-bond donors (Lipinski definition) is 3. The van der Waals surface area contributed by atoms with Crippen molar-refractivity contribution in [3.63, 3.8) is 0 Å². The van der Waals surface area contributed by atoms with Crippen LogP contribution in [0.15, 0.2) is 146 Å². The molecule has 0 aromatic heterocycles. The lowest BCUT2D eigenvalue weighted by atomic mass is 10.0. The Hall–Kier alpha value is -6.67. The zero-order chi connectivity index (χ0) is 35.5. The lowest BCUT2D eigenvalue weighted by molar-refractivity contribution is 0.0697. The van der Waals surface area contributed by atoms with Crippen LogP contribution in [0.3, 0.4) is 0 Å². The summed E-state index contributed by atoms with van der Waals surface area (Å²) >= 11 is 0. The molecule has 6 aromatic carbocycles. The van der Waals surface area contributed by atoms with E-state index in [0.717, 1.165) is 33.5 Å². The van der Waals surface area contributed by atoms with Gasteiger partial charge in [0.1, 0.15) is 11.5 Å². The summed E-state index contributed by atoms with van der Waals surface area (Å²) in [5.41, 5.74) is 6.99. The molecule has 0 aliphatic heterocycles. The van der Waals surface area contributed by atoms with Gasteiger partial charge in [-0.25, -0.2) is 4.79 Å². The fourth-order valence-corrected chi connectivity index (χ4v) is 5.13. The second-order valence-corrected chi connectivity index (χ2v) is 11.2. The van der Waals surface area contributed by atoms with Crippen molar-refractivity contribution in [2.24, 2.45) is 0 Å². The molecule has 0 spiro atoms. The molecule has 6 aromatic rings. The van der Waals surface area contributed by atoms with Gasteiger partial charge in [0.2, 0.25) is 0 Å². The number of rotatable bonds is 9. The Bertz CT molecular complexity index is 2110. The minimum Gasteiger partial charge on any atom is -0.497 e. The topological polar surface area (TPSA) is 114 Å². The van der Waals surface area contributed by atoms with E-state index in [1.807, 2.05) is 73.7 Å². The van der Waals surface area contributed by atoms with Gasteiger partial charge in [-0.05, 0) is 89.3 Å². The number of amides is 2. The van der Waals surface area contributed by atoms with E-state index in [-0.39, 0.29) is 17.2 Å². The molecule has 0 heterocycles. The first-order valence-corrected chi connectivity index (χ1v) is 15.8. The molecule has 0 aliphatic rings. The van der Waals surface area contributed by atoms with E-state index in [9.17, 15) is 19.5 Å². The normalized spacial score (nSPS) is 10.2. The molecule has 8 heteroatoms. The number of ether oxygens (including phenoxy) is 2. The molecule has 6 rings (SSSR count). The second kappa shape index (κ2) is 16.4. The van der Waals surface area contributed by atoms with Gasteiger partial charge in [-0.3, -0.25) is 9.59 Å². The molecule has 0 radical (unpaired) electrons. The summed E-state index contributed by atoms with van der Waals surface area (Å²) in [6.07, 6.45) is 0. The van der Waals surface area contributed by atoms with Crippen LogP contribution in [0.2, 0.25) is 0 Å². The van der Waals surface area contributed by atoms with Crippen LogP contribution in [-0.4, -0.2) is 37.1 Å². The Morgan fingerprint density at radius 2 is 0.960 bits per heavy atom. The zero-order valence-corrected chi connectivity index (χ0v) is 27.8. The summed E-state index contributed by atoms with van der Waals surface area (Å²) in [7, 11) is 3.10. The van der Waals surface area contributed by atoms with E-state index < -0.39 is 11.9 Å². The number of carbonyl (C=O) groups is 3. The first-order valence-electron chi connectivity index (χ1n) is 15.8. The first kappa shape index (κ1) is 34.7. The minimum absolute atomic E-state index is 0.0286. The highest BCUT2D eigenvalue weighted by Crippen LogP contribution is 2.28. The van der Waals surface area contributed by atoms with Gasteiger partial charge in [-0.2, -0.15) is 0 Å². The van der Waals surface area contributed by atoms with Crippen molar-refractivity contribution >= 4 is 29.2 Å². The third kappa shape index (κ3) is 8.81. The van der Waals surface area contributed by atoms with Crippen LogP contribution in [-0.2, 0) is 0 Å².